The number of alkyl halides is 3. The first-order valence-electron chi connectivity index (χ1n) is 9.95. The quantitative estimate of drug-likeness (QED) is 0.696. The molecule has 1 fully saturated rings. The second-order valence-electron chi connectivity index (χ2n) is 8.34. The van der Waals surface area contributed by atoms with Gasteiger partial charge >= 0.3 is 12.3 Å². The van der Waals surface area contributed by atoms with Gasteiger partial charge in [0.1, 0.15) is 12.4 Å². The van der Waals surface area contributed by atoms with E-state index in [1.165, 1.54) is 10.5 Å². The lowest BCUT2D eigenvalue weighted by Gasteiger charge is -2.30. The minimum absolute atomic E-state index is 0.0666. The number of rotatable bonds is 6. The van der Waals surface area contributed by atoms with Crippen LogP contribution in [-0.2, 0) is 14.9 Å². The van der Waals surface area contributed by atoms with E-state index in [4.69, 9.17) is 4.74 Å². The first-order chi connectivity index (χ1) is 14.0. The van der Waals surface area contributed by atoms with Crippen LogP contribution in [0.4, 0.5) is 18.0 Å². The van der Waals surface area contributed by atoms with E-state index < -0.39 is 18.9 Å². The fourth-order valence-corrected chi connectivity index (χ4v) is 3.10. The van der Waals surface area contributed by atoms with E-state index in [2.05, 4.69) is 30.8 Å². The zero-order valence-electron chi connectivity index (χ0n) is 17.6. The maximum atomic E-state index is 12.2. The Morgan fingerprint density at radius 1 is 1.10 bits per heavy atom. The molecule has 6 nitrogen and oxygen atoms in total. The van der Waals surface area contributed by atoms with E-state index >= 15 is 0 Å². The summed E-state index contributed by atoms with van der Waals surface area (Å²) in [5.41, 5.74) is 1.27. The molecule has 0 atom stereocenters. The van der Waals surface area contributed by atoms with E-state index in [0.29, 0.717) is 26.0 Å². The maximum absolute atomic E-state index is 12.2. The maximum Gasteiger partial charge on any atom is 0.422 e. The summed E-state index contributed by atoms with van der Waals surface area (Å²) in [6.07, 6.45) is -4.80. The smallest absolute Gasteiger partial charge is 0.422 e. The van der Waals surface area contributed by atoms with E-state index in [9.17, 15) is 22.8 Å². The highest BCUT2D eigenvalue weighted by Crippen LogP contribution is 2.24. The molecule has 0 saturated carbocycles. The Morgan fingerprint density at radius 2 is 1.70 bits per heavy atom. The number of piperidine rings is 1. The van der Waals surface area contributed by atoms with Crippen LogP contribution in [0, 0.1) is 5.92 Å². The summed E-state index contributed by atoms with van der Waals surface area (Å²) in [4.78, 5) is 25.1. The highest BCUT2D eigenvalue weighted by Gasteiger charge is 2.32. The summed E-state index contributed by atoms with van der Waals surface area (Å²) >= 11 is 0. The van der Waals surface area contributed by atoms with Gasteiger partial charge in [0, 0.05) is 19.0 Å². The Bertz CT molecular complexity index is 706. The van der Waals surface area contributed by atoms with Gasteiger partial charge < -0.3 is 19.7 Å². The largest absolute Gasteiger partial charge is 0.492 e. The van der Waals surface area contributed by atoms with Crippen molar-refractivity contribution in [3.05, 3.63) is 29.8 Å². The van der Waals surface area contributed by atoms with Crippen LogP contribution in [0.25, 0.3) is 0 Å². The Morgan fingerprint density at radius 3 is 2.23 bits per heavy atom. The lowest BCUT2D eigenvalue weighted by Crippen LogP contribution is -2.44. The molecule has 1 aromatic rings. The van der Waals surface area contributed by atoms with Crippen molar-refractivity contribution in [3.63, 3.8) is 0 Å². The van der Waals surface area contributed by atoms with E-state index in [0.717, 1.165) is 5.75 Å². The molecule has 0 bridgehead atoms. The summed E-state index contributed by atoms with van der Waals surface area (Å²) in [5.74, 6) is 0.288. The molecule has 1 aliphatic heterocycles. The molecule has 1 N–H and O–H groups in total. The van der Waals surface area contributed by atoms with Crippen LogP contribution in [-0.4, -0.2) is 55.9 Å². The molecular formula is C21H29F3N2O4. The van der Waals surface area contributed by atoms with Crippen molar-refractivity contribution in [1.29, 1.82) is 0 Å². The number of ether oxygens (including phenoxy) is 2. The van der Waals surface area contributed by atoms with Crippen LogP contribution in [0.3, 0.4) is 0 Å². The fraction of sp³-hybridized carbons (Fsp3) is 0.619. The molecule has 168 valence electrons. The molecule has 2 amide bonds. The molecule has 1 heterocycles. The molecule has 0 aromatic heterocycles. The Balaban J connectivity index is 1.65. The van der Waals surface area contributed by atoms with Crippen LogP contribution >= 0.6 is 0 Å². The average Bonchev–Trinajstić information content (AvgIpc) is 2.68. The number of likely N-dealkylation sites (tertiary alicyclic amines) is 1. The average molecular weight is 430 g/mol. The van der Waals surface area contributed by atoms with Gasteiger partial charge in [0.05, 0.1) is 6.54 Å². The zero-order chi connectivity index (χ0) is 22.4. The number of carbonyl (C=O) groups is 2. The van der Waals surface area contributed by atoms with Gasteiger partial charge in [-0.15, -0.1) is 0 Å². The monoisotopic (exact) mass is 430 g/mol. The van der Waals surface area contributed by atoms with Gasteiger partial charge in [-0.05, 0) is 36.0 Å². The Hall–Kier alpha value is -2.45. The number of halogens is 3. The van der Waals surface area contributed by atoms with Crippen molar-refractivity contribution in [2.45, 2.75) is 45.2 Å². The van der Waals surface area contributed by atoms with Crippen molar-refractivity contribution in [3.8, 4) is 5.75 Å². The van der Waals surface area contributed by atoms with Crippen LogP contribution in [0.5, 0.6) is 5.75 Å². The third-order valence-corrected chi connectivity index (χ3v) is 4.87. The Kier molecular flexibility index (Phi) is 7.97. The van der Waals surface area contributed by atoms with Gasteiger partial charge in [-0.3, -0.25) is 4.79 Å². The van der Waals surface area contributed by atoms with E-state index in [-0.39, 0.29) is 30.3 Å². The second-order valence-corrected chi connectivity index (χ2v) is 8.34. The summed E-state index contributed by atoms with van der Waals surface area (Å²) < 4.78 is 46.2. The molecular weight excluding hydrogens is 401 g/mol. The molecule has 0 spiro atoms. The number of carbonyl (C=O) groups excluding carboxylic acids is 2. The number of benzene rings is 1. The van der Waals surface area contributed by atoms with Crippen molar-refractivity contribution in [2.75, 3.05) is 32.8 Å². The number of nitrogens with zero attached hydrogens (tertiary/aromatic N) is 1. The minimum Gasteiger partial charge on any atom is -0.492 e. The number of amides is 2. The van der Waals surface area contributed by atoms with Gasteiger partial charge in [0.2, 0.25) is 5.91 Å². The van der Waals surface area contributed by atoms with Gasteiger partial charge in [-0.25, -0.2) is 4.79 Å². The number of hydrogen-bond acceptors (Lipinski definition) is 4. The van der Waals surface area contributed by atoms with Crippen LogP contribution in [0.2, 0.25) is 0 Å². The van der Waals surface area contributed by atoms with E-state index in [1.54, 1.807) is 0 Å². The van der Waals surface area contributed by atoms with Crippen molar-refractivity contribution < 1.29 is 32.2 Å². The Labute approximate surface area is 174 Å². The normalized spacial score (nSPS) is 15.6. The summed E-state index contributed by atoms with van der Waals surface area (Å²) in [7, 11) is 0. The second kappa shape index (κ2) is 10.0. The molecule has 0 aliphatic carbocycles. The fourth-order valence-electron chi connectivity index (χ4n) is 3.10. The molecule has 30 heavy (non-hydrogen) atoms. The summed E-state index contributed by atoms with van der Waals surface area (Å²) in [6.45, 7) is 5.83. The van der Waals surface area contributed by atoms with Crippen LogP contribution < -0.4 is 10.1 Å². The highest BCUT2D eigenvalue weighted by atomic mass is 19.4. The number of hydrogen-bond donors (Lipinski definition) is 1. The molecule has 0 unspecified atom stereocenters. The molecule has 1 aliphatic rings. The minimum atomic E-state index is -4.55. The SMILES string of the molecule is CC(C)(C)c1ccc(OCCNC(=O)C2CCN(C(=O)OCC(F)(F)F)CC2)cc1. The molecule has 0 radical (unpaired) electrons. The molecule has 9 heteroatoms. The summed E-state index contributed by atoms with van der Waals surface area (Å²) in [6, 6.07) is 7.83. The zero-order valence-corrected chi connectivity index (χ0v) is 17.6. The van der Waals surface area contributed by atoms with Gasteiger partial charge in [-0.2, -0.15) is 13.2 Å². The van der Waals surface area contributed by atoms with Crippen molar-refractivity contribution in [1.82, 2.24) is 10.2 Å². The topological polar surface area (TPSA) is 67.9 Å². The standard InChI is InChI=1S/C21H29F3N2O4/c1-20(2,3)16-4-6-17(7-5-16)29-13-10-25-18(27)15-8-11-26(12-9-15)19(28)30-14-21(22,23)24/h4-7,15H,8-14H2,1-3H3,(H,25,27). The van der Waals surface area contributed by atoms with Gasteiger partial charge in [0.15, 0.2) is 6.61 Å². The third kappa shape index (κ3) is 7.76. The van der Waals surface area contributed by atoms with E-state index in [1.807, 2.05) is 24.3 Å². The molecule has 1 saturated heterocycles. The number of nitrogens with one attached hydrogen (secondary N) is 1. The van der Waals surface area contributed by atoms with Crippen LogP contribution in [0.1, 0.15) is 39.2 Å². The van der Waals surface area contributed by atoms with Gasteiger partial charge in [-0.1, -0.05) is 32.9 Å². The predicted molar refractivity (Wildman–Crippen MR) is 105 cm³/mol. The van der Waals surface area contributed by atoms with Crippen molar-refractivity contribution >= 4 is 12.0 Å². The summed E-state index contributed by atoms with van der Waals surface area (Å²) in [5, 5.41) is 2.80. The third-order valence-electron chi connectivity index (χ3n) is 4.87. The predicted octanol–water partition coefficient (Wildman–Crippen LogP) is 3.89. The lowest BCUT2D eigenvalue weighted by molar-refractivity contribution is -0.162. The molecule has 2 rings (SSSR count). The van der Waals surface area contributed by atoms with Gasteiger partial charge in [0.25, 0.3) is 0 Å². The lowest BCUT2D eigenvalue weighted by atomic mass is 9.87. The molecule has 1 aromatic carbocycles. The highest BCUT2D eigenvalue weighted by molar-refractivity contribution is 5.79. The first kappa shape index (κ1) is 23.8. The van der Waals surface area contributed by atoms with Crippen molar-refractivity contribution in [2.24, 2.45) is 5.92 Å². The van der Waals surface area contributed by atoms with Crippen LogP contribution in [0.15, 0.2) is 24.3 Å². The first-order valence-corrected chi connectivity index (χ1v) is 9.95.